The summed E-state index contributed by atoms with van der Waals surface area (Å²) in [6, 6.07) is 6.42. The first-order chi connectivity index (χ1) is 12.0. The Kier molecular flexibility index (Phi) is 4.65. The summed E-state index contributed by atoms with van der Waals surface area (Å²) in [6.07, 6.45) is 2.45. The first-order valence-corrected chi connectivity index (χ1v) is 9.08. The molecule has 2 aliphatic rings. The molecule has 0 radical (unpaired) electrons. The maximum absolute atomic E-state index is 12.5. The van der Waals surface area contributed by atoms with E-state index in [2.05, 4.69) is 36.5 Å². The predicted molar refractivity (Wildman–Crippen MR) is 101 cm³/mol. The average Bonchev–Trinajstić information content (AvgIpc) is 2.91. The monoisotopic (exact) mass is 359 g/mol. The molecule has 26 heavy (non-hydrogen) atoms. The molecule has 1 aliphatic carbocycles. The van der Waals surface area contributed by atoms with Crippen molar-refractivity contribution in [3.05, 3.63) is 40.5 Å². The Morgan fingerprint density at radius 2 is 1.85 bits per heavy atom. The molecule has 1 saturated heterocycles. The number of ether oxygens (including phenoxy) is 3. The summed E-state index contributed by atoms with van der Waals surface area (Å²) in [5, 5.41) is 3.04. The SMILES string of the molecule is Cc1ccc2c(c1)C=C(C1(NC(=O)OC(C)(C)C)COC(C)(C)OC1)C2. The summed E-state index contributed by atoms with van der Waals surface area (Å²) in [7, 11) is 0. The maximum Gasteiger partial charge on any atom is 0.408 e. The van der Waals surface area contributed by atoms with Crippen LogP contribution in [0.1, 0.15) is 51.3 Å². The summed E-state index contributed by atoms with van der Waals surface area (Å²) < 4.78 is 17.3. The van der Waals surface area contributed by atoms with Gasteiger partial charge in [-0.1, -0.05) is 29.8 Å². The molecule has 0 saturated carbocycles. The Labute approximate surface area is 155 Å². The summed E-state index contributed by atoms with van der Waals surface area (Å²) in [4.78, 5) is 12.5. The second-order valence-corrected chi connectivity index (χ2v) is 8.73. The average molecular weight is 359 g/mol. The lowest BCUT2D eigenvalue weighted by atomic mass is 9.88. The van der Waals surface area contributed by atoms with Crippen LogP contribution in [0.2, 0.25) is 0 Å². The van der Waals surface area contributed by atoms with E-state index in [0.29, 0.717) is 13.2 Å². The van der Waals surface area contributed by atoms with Crippen molar-refractivity contribution < 1.29 is 19.0 Å². The molecule has 0 unspecified atom stereocenters. The summed E-state index contributed by atoms with van der Waals surface area (Å²) >= 11 is 0. The molecule has 1 aromatic carbocycles. The standard InChI is InChI=1S/C21H29NO4/c1-14-7-8-15-10-17(11-16(15)9-14)21(12-24-20(5,6)25-13-21)22-18(23)26-19(2,3)4/h7-9,11H,10,12-13H2,1-6H3,(H,22,23). The van der Waals surface area contributed by atoms with Crippen LogP contribution in [0.15, 0.2) is 23.8 Å². The number of aryl methyl sites for hydroxylation is 1. The lowest BCUT2D eigenvalue weighted by Gasteiger charge is -2.44. The van der Waals surface area contributed by atoms with Crippen LogP contribution >= 0.6 is 0 Å². The van der Waals surface area contributed by atoms with E-state index in [0.717, 1.165) is 12.0 Å². The second-order valence-electron chi connectivity index (χ2n) is 8.73. The van der Waals surface area contributed by atoms with Crippen LogP contribution in [0.3, 0.4) is 0 Å². The molecule has 0 aromatic heterocycles. The highest BCUT2D eigenvalue weighted by Crippen LogP contribution is 2.36. The highest BCUT2D eigenvalue weighted by Gasteiger charge is 2.45. The first kappa shape index (κ1) is 18.9. The van der Waals surface area contributed by atoms with E-state index in [1.165, 1.54) is 16.7 Å². The van der Waals surface area contributed by atoms with Crippen LogP contribution in [0, 0.1) is 6.92 Å². The molecule has 0 atom stereocenters. The minimum atomic E-state index is -0.731. The Morgan fingerprint density at radius 3 is 2.46 bits per heavy atom. The molecule has 0 spiro atoms. The number of alkyl carbamates (subject to hydrolysis) is 1. The zero-order valence-corrected chi connectivity index (χ0v) is 16.6. The lowest BCUT2D eigenvalue weighted by molar-refractivity contribution is -0.265. The molecule has 1 amide bonds. The number of carbonyl (C=O) groups is 1. The molecule has 1 fully saturated rings. The number of amides is 1. The molecule has 5 nitrogen and oxygen atoms in total. The number of hydrogen-bond acceptors (Lipinski definition) is 4. The third-order valence-corrected chi connectivity index (χ3v) is 4.70. The maximum atomic E-state index is 12.5. The number of rotatable bonds is 2. The number of carbonyl (C=O) groups excluding carboxylic acids is 1. The van der Waals surface area contributed by atoms with E-state index in [1.807, 2.05) is 34.6 Å². The number of hydrogen-bond donors (Lipinski definition) is 1. The molecule has 1 aliphatic heterocycles. The number of benzene rings is 1. The minimum absolute atomic E-state index is 0.345. The van der Waals surface area contributed by atoms with Crippen LogP contribution < -0.4 is 5.32 Å². The van der Waals surface area contributed by atoms with Crippen molar-refractivity contribution >= 4 is 12.2 Å². The second kappa shape index (κ2) is 6.39. The van der Waals surface area contributed by atoms with E-state index >= 15 is 0 Å². The third kappa shape index (κ3) is 4.10. The van der Waals surface area contributed by atoms with Gasteiger partial charge < -0.3 is 19.5 Å². The van der Waals surface area contributed by atoms with Gasteiger partial charge in [-0.05, 0) is 64.7 Å². The molecule has 142 valence electrons. The molecule has 1 aromatic rings. The third-order valence-electron chi connectivity index (χ3n) is 4.70. The molecule has 5 heteroatoms. The van der Waals surface area contributed by atoms with Gasteiger partial charge >= 0.3 is 6.09 Å². The lowest BCUT2D eigenvalue weighted by Crippen LogP contribution is -2.62. The Bertz CT molecular complexity index is 733. The smallest absolute Gasteiger partial charge is 0.408 e. The van der Waals surface area contributed by atoms with Crippen LogP contribution in [0.4, 0.5) is 4.79 Å². The topological polar surface area (TPSA) is 56.8 Å². The van der Waals surface area contributed by atoms with Gasteiger partial charge in [0.1, 0.15) is 11.1 Å². The van der Waals surface area contributed by atoms with Crippen LogP contribution in [-0.4, -0.2) is 36.2 Å². The largest absolute Gasteiger partial charge is 0.444 e. The van der Waals surface area contributed by atoms with E-state index in [4.69, 9.17) is 14.2 Å². The van der Waals surface area contributed by atoms with Crippen molar-refractivity contribution in [2.45, 2.75) is 64.9 Å². The normalized spacial score (nSPS) is 20.9. The number of nitrogens with one attached hydrogen (secondary N) is 1. The van der Waals surface area contributed by atoms with Gasteiger partial charge in [-0.3, -0.25) is 0 Å². The van der Waals surface area contributed by atoms with Gasteiger partial charge in [0, 0.05) is 0 Å². The zero-order chi connectivity index (χ0) is 19.2. The highest BCUT2D eigenvalue weighted by atomic mass is 16.7. The van der Waals surface area contributed by atoms with Gasteiger partial charge in [0.2, 0.25) is 0 Å². The van der Waals surface area contributed by atoms with Gasteiger partial charge in [0.25, 0.3) is 0 Å². The van der Waals surface area contributed by atoms with E-state index < -0.39 is 23.0 Å². The van der Waals surface area contributed by atoms with Crippen LogP contribution in [0.25, 0.3) is 6.08 Å². The van der Waals surface area contributed by atoms with E-state index in [1.54, 1.807) is 0 Å². The van der Waals surface area contributed by atoms with Crippen molar-refractivity contribution in [1.29, 1.82) is 0 Å². The van der Waals surface area contributed by atoms with Crippen LogP contribution in [-0.2, 0) is 20.6 Å². The quantitative estimate of drug-likeness (QED) is 0.868. The molecule has 1 N–H and O–H groups in total. The van der Waals surface area contributed by atoms with Crippen molar-refractivity contribution in [3.63, 3.8) is 0 Å². The fourth-order valence-electron chi connectivity index (χ4n) is 3.28. The van der Waals surface area contributed by atoms with Gasteiger partial charge in [0.05, 0.1) is 13.2 Å². The summed E-state index contributed by atoms with van der Waals surface area (Å²) in [5.74, 6) is -0.665. The fourth-order valence-corrected chi connectivity index (χ4v) is 3.28. The summed E-state index contributed by atoms with van der Waals surface area (Å²) in [5.41, 5.74) is 3.44. The molecular formula is C21H29NO4. The first-order valence-electron chi connectivity index (χ1n) is 9.08. The van der Waals surface area contributed by atoms with E-state index in [9.17, 15) is 4.79 Å². The zero-order valence-electron chi connectivity index (χ0n) is 16.6. The van der Waals surface area contributed by atoms with Gasteiger partial charge in [-0.15, -0.1) is 0 Å². The van der Waals surface area contributed by atoms with Crippen molar-refractivity contribution in [2.24, 2.45) is 0 Å². The molecule has 0 bridgehead atoms. The predicted octanol–water partition coefficient (Wildman–Crippen LogP) is 3.98. The van der Waals surface area contributed by atoms with Crippen molar-refractivity contribution in [3.8, 4) is 0 Å². The Balaban J connectivity index is 1.88. The van der Waals surface area contributed by atoms with E-state index in [-0.39, 0.29) is 0 Å². The Hall–Kier alpha value is -1.85. The minimum Gasteiger partial charge on any atom is -0.444 e. The van der Waals surface area contributed by atoms with Crippen LogP contribution in [0.5, 0.6) is 0 Å². The number of fused-ring (bicyclic) bond motifs is 1. The highest BCUT2D eigenvalue weighted by molar-refractivity contribution is 5.73. The van der Waals surface area contributed by atoms with Gasteiger partial charge in [-0.2, -0.15) is 0 Å². The molecule has 1 heterocycles. The fraction of sp³-hybridized carbons (Fsp3) is 0.571. The summed E-state index contributed by atoms with van der Waals surface area (Å²) in [6.45, 7) is 12.1. The van der Waals surface area contributed by atoms with Crippen molar-refractivity contribution in [2.75, 3.05) is 13.2 Å². The van der Waals surface area contributed by atoms with Crippen molar-refractivity contribution in [1.82, 2.24) is 5.32 Å². The van der Waals surface area contributed by atoms with Gasteiger partial charge in [-0.25, -0.2) is 4.79 Å². The molecule has 3 rings (SSSR count). The molecular weight excluding hydrogens is 330 g/mol. The Morgan fingerprint density at radius 1 is 1.19 bits per heavy atom. The van der Waals surface area contributed by atoms with Gasteiger partial charge in [0.15, 0.2) is 5.79 Å².